The van der Waals surface area contributed by atoms with Gasteiger partial charge in [0.15, 0.2) is 0 Å². The van der Waals surface area contributed by atoms with Gasteiger partial charge in [0.25, 0.3) is 11.5 Å². The molecule has 0 saturated carbocycles. The zero-order valence-corrected chi connectivity index (χ0v) is 20.4. The Bertz CT molecular complexity index is 1500. The number of hydrogen-bond donors (Lipinski definition) is 1. The maximum atomic E-state index is 13.5. The van der Waals surface area contributed by atoms with Crippen molar-refractivity contribution >= 4 is 22.6 Å². The summed E-state index contributed by atoms with van der Waals surface area (Å²) in [6, 6.07) is 10.6. The van der Waals surface area contributed by atoms with Crippen LogP contribution in [0.25, 0.3) is 16.7 Å². The number of nitrogens with zero attached hydrogens (tertiary/aromatic N) is 4. The van der Waals surface area contributed by atoms with Gasteiger partial charge in [0.05, 0.1) is 17.4 Å². The molecule has 0 atom stereocenters. The molecule has 184 valence electrons. The molecule has 1 amide bonds. The van der Waals surface area contributed by atoms with Gasteiger partial charge >= 0.3 is 5.69 Å². The first-order chi connectivity index (χ1) is 16.7. The molecule has 0 saturated heterocycles. The van der Waals surface area contributed by atoms with Crippen molar-refractivity contribution in [1.29, 1.82) is 0 Å². The van der Waals surface area contributed by atoms with Crippen molar-refractivity contribution < 1.29 is 9.18 Å². The third kappa shape index (κ3) is 5.03. The number of rotatable bonds is 8. The van der Waals surface area contributed by atoms with Gasteiger partial charge in [-0.25, -0.2) is 18.3 Å². The molecule has 2 heterocycles. The molecule has 1 N–H and O–H groups in total. The monoisotopic (exact) mass is 479 g/mol. The van der Waals surface area contributed by atoms with E-state index in [0.29, 0.717) is 41.0 Å². The van der Waals surface area contributed by atoms with Crippen LogP contribution in [0.2, 0.25) is 0 Å². The Labute approximate surface area is 202 Å². The summed E-state index contributed by atoms with van der Waals surface area (Å²) in [7, 11) is 0. The third-order valence-electron chi connectivity index (χ3n) is 5.89. The molecule has 0 bridgehead atoms. The van der Waals surface area contributed by atoms with Crippen LogP contribution in [0.4, 0.5) is 4.39 Å². The molecule has 2 aromatic carbocycles. The predicted molar refractivity (Wildman–Crippen MR) is 133 cm³/mol. The number of amides is 1. The molecule has 2 aromatic heterocycles. The van der Waals surface area contributed by atoms with Gasteiger partial charge in [-0.15, -0.1) is 5.10 Å². The van der Waals surface area contributed by atoms with Crippen LogP contribution in [0.1, 0.15) is 50.0 Å². The van der Waals surface area contributed by atoms with Gasteiger partial charge in [0.2, 0.25) is 5.78 Å². The largest absolute Gasteiger partial charge is 0.352 e. The van der Waals surface area contributed by atoms with E-state index in [9.17, 15) is 18.8 Å². The van der Waals surface area contributed by atoms with E-state index in [2.05, 4.69) is 24.3 Å². The molecule has 8 nitrogen and oxygen atoms in total. The molecule has 0 aliphatic heterocycles. The van der Waals surface area contributed by atoms with Crippen LogP contribution in [-0.4, -0.2) is 31.2 Å². The number of aryl methyl sites for hydroxylation is 1. The summed E-state index contributed by atoms with van der Waals surface area (Å²) in [4.78, 5) is 39.6. The summed E-state index contributed by atoms with van der Waals surface area (Å²) in [5.74, 6) is 0.205. The molecule has 0 aliphatic rings. The van der Waals surface area contributed by atoms with Crippen LogP contribution in [0.5, 0.6) is 0 Å². The standard InChI is InChI=1S/C26H30FN5O3/c1-16(2)11-12-30-24(34)21-10-7-19(23(33)28-14-17(3)4)13-22(21)32-25(30)29-31(26(32)35)15-18-5-8-20(27)9-6-18/h5-10,13,16-17H,11-12,14-15H2,1-4H3,(H,28,33). The van der Waals surface area contributed by atoms with Crippen LogP contribution >= 0.6 is 0 Å². The minimum atomic E-state index is -0.438. The quantitative estimate of drug-likeness (QED) is 0.419. The van der Waals surface area contributed by atoms with Crippen molar-refractivity contribution in [3.63, 3.8) is 0 Å². The van der Waals surface area contributed by atoms with E-state index in [-0.39, 0.29) is 35.5 Å². The summed E-state index contributed by atoms with van der Waals surface area (Å²) < 4.78 is 17.5. The lowest BCUT2D eigenvalue weighted by Gasteiger charge is -2.12. The van der Waals surface area contributed by atoms with Gasteiger partial charge in [-0.1, -0.05) is 39.8 Å². The highest BCUT2D eigenvalue weighted by Crippen LogP contribution is 2.16. The molecule has 0 fully saturated rings. The van der Waals surface area contributed by atoms with E-state index in [1.807, 2.05) is 13.8 Å². The number of carbonyl (C=O) groups excluding carboxylic acids is 1. The minimum absolute atomic E-state index is 0.120. The van der Waals surface area contributed by atoms with Crippen LogP contribution < -0.4 is 16.6 Å². The zero-order valence-electron chi connectivity index (χ0n) is 20.4. The predicted octanol–water partition coefficient (Wildman–Crippen LogP) is 3.43. The van der Waals surface area contributed by atoms with Gasteiger partial charge in [0.1, 0.15) is 5.82 Å². The molecular weight excluding hydrogens is 449 g/mol. The van der Waals surface area contributed by atoms with Crippen molar-refractivity contribution in [3.05, 3.63) is 80.2 Å². The highest BCUT2D eigenvalue weighted by atomic mass is 19.1. The second-order valence-electron chi connectivity index (χ2n) is 9.68. The van der Waals surface area contributed by atoms with Gasteiger partial charge in [0, 0.05) is 18.7 Å². The maximum absolute atomic E-state index is 13.5. The average Bonchev–Trinajstić information content (AvgIpc) is 3.14. The summed E-state index contributed by atoms with van der Waals surface area (Å²) in [6.07, 6.45) is 0.732. The number of carbonyl (C=O) groups is 1. The topological polar surface area (TPSA) is 90.4 Å². The Morgan fingerprint density at radius 3 is 2.40 bits per heavy atom. The minimum Gasteiger partial charge on any atom is -0.352 e. The van der Waals surface area contributed by atoms with Crippen molar-refractivity contribution in [3.8, 4) is 0 Å². The highest BCUT2D eigenvalue weighted by molar-refractivity contribution is 5.98. The fourth-order valence-corrected chi connectivity index (χ4v) is 3.91. The SMILES string of the molecule is CC(C)CCn1c(=O)c2ccc(C(=O)NCC(C)C)cc2n2c(=O)n(Cc3ccc(F)cc3)nc12. The number of hydrogen-bond acceptors (Lipinski definition) is 4. The van der Waals surface area contributed by atoms with E-state index >= 15 is 0 Å². The summed E-state index contributed by atoms with van der Waals surface area (Å²) >= 11 is 0. The van der Waals surface area contributed by atoms with Crippen LogP contribution in [0.15, 0.2) is 52.1 Å². The Kier molecular flexibility index (Phi) is 6.86. The lowest BCUT2D eigenvalue weighted by Crippen LogP contribution is -2.29. The number of nitrogens with one attached hydrogen (secondary N) is 1. The maximum Gasteiger partial charge on any atom is 0.352 e. The Balaban J connectivity index is 1.91. The Hall–Kier alpha value is -3.75. The first kappa shape index (κ1) is 24.4. The fraction of sp³-hybridized carbons (Fsp3) is 0.385. The summed E-state index contributed by atoms with van der Waals surface area (Å²) in [5.41, 5.74) is 0.690. The molecule has 9 heteroatoms. The van der Waals surface area contributed by atoms with E-state index in [1.165, 1.54) is 25.8 Å². The third-order valence-corrected chi connectivity index (χ3v) is 5.89. The van der Waals surface area contributed by atoms with E-state index in [4.69, 9.17) is 0 Å². The summed E-state index contributed by atoms with van der Waals surface area (Å²) in [6.45, 7) is 9.15. The number of halogens is 1. The molecule has 0 unspecified atom stereocenters. The lowest BCUT2D eigenvalue weighted by molar-refractivity contribution is 0.0949. The number of aromatic nitrogens is 4. The molecule has 4 rings (SSSR count). The first-order valence-electron chi connectivity index (χ1n) is 11.8. The number of benzene rings is 2. The van der Waals surface area contributed by atoms with Gasteiger partial charge in [-0.3, -0.25) is 14.2 Å². The van der Waals surface area contributed by atoms with Gasteiger partial charge in [-0.05, 0) is 54.2 Å². The first-order valence-corrected chi connectivity index (χ1v) is 11.8. The Morgan fingerprint density at radius 1 is 1.03 bits per heavy atom. The van der Waals surface area contributed by atoms with Crippen molar-refractivity contribution in [1.82, 2.24) is 24.1 Å². The van der Waals surface area contributed by atoms with E-state index in [0.717, 1.165) is 6.42 Å². The van der Waals surface area contributed by atoms with Crippen LogP contribution in [-0.2, 0) is 13.1 Å². The normalized spacial score (nSPS) is 11.7. The molecule has 0 radical (unpaired) electrons. The fourth-order valence-electron chi connectivity index (χ4n) is 3.91. The smallest absolute Gasteiger partial charge is 0.352 e. The van der Waals surface area contributed by atoms with Crippen LogP contribution in [0.3, 0.4) is 0 Å². The molecule has 35 heavy (non-hydrogen) atoms. The van der Waals surface area contributed by atoms with Crippen molar-refractivity contribution in [2.24, 2.45) is 11.8 Å². The molecular formula is C26H30FN5O3. The molecule has 0 aliphatic carbocycles. The lowest BCUT2D eigenvalue weighted by atomic mass is 10.1. The van der Waals surface area contributed by atoms with E-state index in [1.54, 1.807) is 30.3 Å². The van der Waals surface area contributed by atoms with Crippen molar-refractivity contribution in [2.75, 3.05) is 6.54 Å². The molecule has 4 aromatic rings. The molecule has 0 spiro atoms. The van der Waals surface area contributed by atoms with E-state index < -0.39 is 5.69 Å². The second-order valence-corrected chi connectivity index (χ2v) is 9.68. The second kappa shape index (κ2) is 9.85. The summed E-state index contributed by atoms with van der Waals surface area (Å²) in [5, 5.41) is 7.69. The average molecular weight is 480 g/mol. The Morgan fingerprint density at radius 2 is 1.74 bits per heavy atom. The number of fused-ring (bicyclic) bond motifs is 3. The van der Waals surface area contributed by atoms with Crippen LogP contribution in [0, 0.1) is 17.7 Å². The van der Waals surface area contributed by atoms with Crippen molar-refractivity contribution in [2.45, 2.75) is 47.2 Å². The van der Waals surface area contributed by atoms with Gasteiger partial charge in [-0.2, -0.15) is 0 Å². The van der Waals surface area contributed by atoms with Gasteiger partial charge < -0.3 is 5.32 Å². The zero-order chi connectivity index (χ0) is 25.3. The highest BCUT2D eigenvalue weighted by Gasteiger charge is 2.19.